The van der Waals surface area contributed by atoms with Crippen molar-refractivity contribution in [3.05, 3.63) is 35.9 Å². The van der Waals surface area contributed by atoms with Crippen molar-refractivity contribution in [1.29, 1.82) is 0 Å². The van der Waals surface area contributed by atoms with Crippen LogP contribution in [0.2, 0.25) is 0 Å². The van der Waals surface area contributed by atoms with Gasteiger partial charge in [-0.05, 0) is 19.7 Å². The Morgan fingerprint density at radius 3 is 2.56 bits per heavy atom. The van der Waals surface area contributed by atoms with Gasteiger partial charge in [-0.3, -0.25) is 4.79 Å². The maximum Gasteiger partial charge on any atom is 0.224 e. The highest BCUT2D eigenvalue weighted by Crippen LogP contribution is 2.23. The first kappa shape index (κ1) is 13.4. The van der Waals surface area contributed by atoms with Crippen molar-refractivity contribution in [2.24, 2.45) is 0 Å². The Balaban J connectivity index is 2.10. The lowest BCUT2D eigenvalue weighted by molar-refractivity contribution is -0.128. The van der Waals surface area contributed by atoms with Crippen LogP contribution in [0.1, 0.15) is 18.0 Å². The van der Waals surface area contributed by atoms with Crippen LogP contribution < -0.4 is 0 Å². The molecule has 1 amide bonds. The zero-order valence-electron chi connectivity index (χ0n) is 10.8. The zero-order valence-corrected chi connectivity index (χ0v) is 11.6. The van der Waals surface area contributed by atoms with Gasteiger partial charge in [-0.1, -0.05) is 30.3 Å². The van der Waals surface area contributed by atoms with Crippen molar-refractivity contribution in [2.75, 3.05) is 27.2 Å². The van der Waals surface area contributed by atoms with E-state index >= 15 is 0 Å². The first-order valence-corrected chi connectivity index (χ1v) is 6.65. The van der Waals surface area contributed by atoms with Gasteiger partial charge in [0.2, 0.25) is 5.91 Å². The third-order valence-corrected chi connectivity index (χ3v) is 3.66. The third-order valence-electron chi connectivity index (χ3n) is 3.37. The molecular formula is C14H19ClN2O. The maximum absolute atomic E-state index is 11.8. The van der Waals surface area contributed by atoms with Gasteiger partial charge in [-0.25, -0.2) is 0 Å². The molecule has 1 heterocycles. The van der Waals surface area contributed by atoms with Gasteiger partial charge in [0, 0.05) is 19.5 Å². The Bertz CT molecular complexity index is 408. The smallest absolute Gasteiger partial charge is 0.224 e. The minimum Gasteiger partial charge on any atom is -0.339 e. The minimum atomic E-state index is -0.0314. The van der Waals surface area contributed by atoms with E-state index in [0.717, 1.165) is 0 Å². The molecule has 18 heavy (non-hydrogen) atoms. The molecule has 2 atom stereocenters. The third kappa shape index (κ3) is 3.03. The SMILES string of the molecule is CN(C)C(CN1CC(Cl)CC1=O)c1ccccc1. The summed E-state index contributed by atoms with van der Waals surface area (Å²) in [5.41, 5.74) is 1.23. The van der Waals surface area contributed by atoms with E-state index in [1.54, 1.807) is 0 Å². The van der Waals surface area contributed by atoms with Crippen LogP contribution in [0, 0.1) is 0 Å². The van der Waals surface area contributed by atoms with Crippen LogP contribution in [0.25, 0.3) is 0 Å². The summed E-state index contributed by atoms with van der Waals surface area (Å²) in [5, 5.41) is -0.0314. The van der Waals surface area contributed by atoms with Crippen molar-refractivity contribution in [1.82, 2.24) is 9.80 Å². The average Bonchev–Trinajstić information content (AvgIpc) is 2.65. The molecule has 1 aliphatic heterocycles. The quantitative estimate of drug-likeness (QED) is 0.780. The summed E-state index contributed by atoms with van der Waals surface area (Å²) in [6.45, 7) is 1.37. The van der Waals surface area contributed by atoms with Crippen LogP contribution in [-0.2, 0) is 4.79 Å². The number of halogens is 1. The van der Waals surface area contributed by atoms with Crippen molar-refractivity contribution < 1.29 is 4.79 Å². The molecule has 1 saturated heterocycles. The lowest BCUT2D eigenvalue weighted by Gasteiger charge is -2.29. The molecular weight excluding hydrogens is 248 g/mol. The highest BCUT2D eigenvalue weighted by atomic mass is 35.5. The molecule has 1 aromatic carbocycles. The number of likely N-dealkylation sites (tertiary alicyclic amines) is 1. The Kier molecular flexibility index (Phi) is 4.25. The molecule has 0 saturated carbocycles. The topological polar surface area (TPSA) is 23.6 Å². The van der Waals surface area contributed by atoms with Crippen molar-refractivity contribution in [3.63, 3.8) is 0 Å². The molecule has 0 aromatic heterocycles. The highest BCUT2D eigenvalue weighted by Gasteiger charge is 2.30. The Labute approximate surface area is 113 Å². The van der Waals surface area contributed by atoms with E-state index in [9.17, 15) is 4.79 Å². The molecule has 1 aliphatic rings. The monoisotopic (exact) mass is 266 g/mol. The molecule has 0 spiro atoms. The molecule has 0 bridgehead atoms. The van der Waals surface area contributed by atoms with Gasteiger partial charge in [0.1, 0.15) is 0 Å². The van der Waals surface area contributed by atoms with Gasteiger partial charge in [0.05, 0.1) is 11.4 Å². The second-order valence-corrected chi connectivity index (χ2v) is 5.61. The van der Waals surface area contributed by atoms with E-state index in [0.29, 0.717) is 19.5 Å². The van der Waals surface area contributed by atoms with Crippen molar-refractivity contribution >= 4 is 17.5 Å². The van der Waals surface area contributed by atoms with Gasteiger partial charge < -0.3 is 9.80 Å². The number of hydrogen-bond donors (Lipinski definition) is 0. The Morgan fingerprint density at radius 2 is 2.06 bits per heavy atom. The van der Waals surface area contributed by atoms with Crippen molar-refractivity contribution in [3.8, 4) is 0 Å². The number of alkyl halides is 1. The summed E-state index contributed by atoms with van der Waals surface area (Å²) in [6.07, 6.45) is 0.469. The second kappa shape index (κ2) is 5.72. The summed E-state index contributed by atoms with van der Waals surface area (Å²) in [4.78, 5) is 15.8. The summed E-state index contributed by atoms with van der Waals surface area (Å²) >= 11 is 6.03. The summed E-state index contributed by atoms with van der Waals surface area (Å²) < 4.78 is 0. The first-order chi connectivity index (χ1) is 8.58. The van der Waals surface area contributed by atoms with Crippen molar-refractivity contribution in [2.45, 2.75) is 17.8 Å². The standard InChI is InChI=1S/C14H19ClN2O/c1-16(2)13(11-6-4-3-5-7-11)10-17-9-12(15)8-14(17)18/h3-7,12-13H,8-10H2,1-2H3. The van der Waals surface area contributed by atoms with Gasteiger partial charge in [-0.2, -0.15) is 0 Å². The number of carbonyl (C=O) groups excluding carboxylic acids is 1. The number of rotatable bonds is 4. The molecule has 1 fully saturated rings. The van der Waals surface area contributed by atoms with Gasteiger partial charge in [-0.15, -0.1) is 11.6 Å². The molecule has 4 heteroatoms. The van der Waals surface area contributed by atoms with Crippen LogP contribution in [0.5, 0.6) is 0 Å². The van der Waals surface area contributed by atoms with Gasteiger partial charge in [0.25, 0.3) is 0 Å². The lowest BCUT2D eigenvalue weighted by Crippen LogP contribution is -2.35. The molecule has 2 unspecified atom stereocenters. The number of nitrogens with zero attached hydrogens (tertiary/aromatic N) is 2. The predicted octanol–water partition coefficient (Wildman–Crippen LogP) is 2.13. The molecule has 0 radical (unpaired) electrons. The number of hydrogen-bond acceptors (Lipinski definition) is 2. The summed E-state index contributed by atoms with van der Waals surface area (Å²) in [5.74, 6) is 0.165. The molecule has 98 valence electrons. The van der Waals surface area contributed by atoms with Crippen LogP contribution in [0.3, 0.4) is 0 Å². The molecule has 0 aliphatic carbocycles. The average molecular weight is 267 g/mol. The second-order valence-electron chi connectivity index (χ2n) is 4.99. The lowest BCUT2D eigenvalue weighted by atomic mass is 10.1. The molecule has 2 rings (SSSR count). The Morgan fingerprint density at radius 1 is 1.39 bits per heavy atom. The van der Waals surface area contributed by atoms with Crippen LogP contribution >= 0.6 is 11.6 Å². The molecule has 3 nitrogen and oxygen atoms in total. The molecule has 0 N–H and O–H groups in total. The fraction of sp³-hybridized carbons (Fsp3) is 0.500. The molecule has 1 aromatic rings. The maximum atomic E-state index is 11.8. The fourth-order valence-corrected chi connectivity index (χ4v) is 2.65. The van der Waals surface area contributed by atoms with E-state index in [1.165, 1.54) is 5.56 Å². The fourth-order valence-electron chi connectivity index (χ4n) is 2.35. The van der Waals surface area contributed by atoms with Crippen LogP contribution in [0.4, 0.5) is 0 Å². The zero-order chi connectivity index (χ0) is 13.1. The number of carbonyl (C=O) groups is 1. The summed E-state index contributed by atoms with van der Waals surface area (Å²) in [6, 6.07) is 10.5. The van der Waals surface area contributed by atoms with E-state index in [-0.39, 0.29) is 17.3 Å². The Hall–Kier alpha value is -1.06. The van der Waals surface area contributed by atoms with Crippen LogP contribution in [-0.4, -0.2) is 48.3 Å². The van der Waals surface area contributed by atoms with E-state index in [2.05, 4.69) is 17.0 Å². The number of benzene rings is 1. The number of likely N-dealkylation sites (N-methyl/N-ethyl adjacent to an activating group) is 1. The highest BCUT2D eigenvalue weighted by molar-refractivity contribution is 6.22. The summed E-state index contributed by atoms with van der Waals surface area (Å²) in [7, 11) is 4.08. The van der Waals surface area contributed by atoms with Gasteiger partial charge in [0.15, 0.2) is 0 Å². The van der Waals surface area contributed by atoms with E-state index in [4.69, 9.17) is 11.6 Å². The van der Waals surface area contributed by atoms with E-state index in [1.807, 2.05) is 37.2 Å². The van der Waals surface area contributed by atoms with Crippen LogP contribution in [0.15, 0.2) is 30.3 Å². The van der Waals surface area contributed by atoms with Gasteiger partial charge >= 0.3 is 0 Å². The number of amides is 1. The normalized spacial score (nSPS) is 21.7. The predicted molar refractivity (Wildman–Crippen MR) is 73.7 cm³/mol. The largest absolute Gasteiger partial charge is 0.339 e. The minimum absolute atomic E-state index is 0.0314. The first-order valence-electron chi connectivity index (χ1n) is 6.21. The van der Waals surface area contributed by atoms with E-state index < -0.39 is 0 Å².